The third kappa shape index (κ3) is 3.69. The Hall–Kier alpha value is -1.10. The summed E-state index contributed by atoms with van der Waals surface area (Å²) < 4.78 is 10.7. The van der Waals surface area contributed by atoms with Crippen LogP contribution in [-0.4, -0.2) is 36.4 Å². The first-order valence-electron chi connectivity index (χ1n) is 12.2. The van der Waals surface area contributed by atoms with Crippen molar-refractivity contribution in [2.45, 2.75) is 91.1 Å². The average molecular weight is 421 g/mol. The summed E-state index contributed by atoms with van der Waals surface area (Å²) in [7, 11) is 0. The van der Waals surface area contributed by atoms with Crippen LogP contribution in [0.4, 0.5) is 4.79 Å². The van der Waals surface area contributed by atoms with Crippen LogP contribution in [0.25, 0.3) is 0 Å². The van der Waals surface area contributed by atoms with E-state index in [-0.39, 0.29) is 30.7 Å². The van der Waals surface area contributed by atoms with Gasteiger partial charge in [0.05, 0.1) is 6.61 Å². The molecule has 0 amide bonds. The van der Waals surface area contributed by atoms with Gasteiger partial charge in [0.25, 0.3) is 0 Å². The Kier molecular flexibility index (Phi) is 6.22. The molecular formula is C25H40O5. The van der Waals surface area contributed by atoms with E-state index in [2.05, 4.69) is 13.8 Å². The highest BCUT2D eigenvalue weighted by Crippen LogP contribution is 2.67. The fraction of sp³-hybridized carbons (Fsp3) is 0.920. The van der Waals surface area contributed by atoms with E-state index in [9.17, 15) is 9.59 Å². The van der Waals surface area contributed by atoms with Crippen molar-refractivity contribution in [3.63, 3.8) is 0 Å². The maximum Gasteiger partial charge on any atom is 0.508 e. The summed E-state index contributed by atoms with van der Waals surface area (Å²) in [6.45, 7) is 6.96. The molecule has 4 rings (SSSR count). The number of ether oxygens (including phenoxy) is 2. The molecule has 0 heterocycles. The average Bonchev–Trinajstić information content (AvgIpc) is 3.06. The highest BCUT2D eigenvalue weighted by atomic mass is 16.7. The smallest absolute Gasteiger partial charge is 0.434 e. The van der Waals surface area contributed by atoms with Crippen LogP contribution in [0.2, 0.25) is 0 Å². The predicted octanol–water partition coefficient (Wildman–Crippen LogP) is 5.14. The second-order valence-electron chi connectivity index (χ2n) is 11.1. The molecule has 4 aliphatic rings. The molecule has 0 spiro atoms. The van der Waals surface area contributed by atoms with Crippen LogP contribution in [0.1, 0.15) is 85.0 Å². The lowest BCUT2D eigenvalue weighted by Crippen LogP contribution is -2.54. The van der Waals surface area contributed by atoms with Crippen molar-refractivity contribution in [2.24, 2.45) is 40.4 Å². The van der Waals surface area contributed by atoms with E-state index in [0.717, 1.165) is 37.5 Å². The van der Waals surface area contributed by atoms with Gasteiger partial charge in [-0.2, -0.15) is 0 Å². The number of fused-ring (bicyclic) bond motifs is 5. The molecule has 0 saturated heterocycles. The maximum absolute atomic E-state index is 12.3. The SMILES string of the molecule is CC(=O)[C@H]1CC[C@H]2[C@@H]3CC[C@H]4C[C@H](OC(=O)OCCCO)CC[C@]4(C)[C@H]3CC[C@]12C. The molecule has 5 heteroatoms. The standard InChI is InChI=1S/C25H40O5/c1-16(27)20-7-8-21-19-6-5-17-15-18(30-23(28)29-14-4-13-26)9-11-24(17,2)22(19)10-12-25(20,21)3/h17-22,26H,4-15H2,1-3H3/t17-,18+,19-,20+,21-,22-,24-,25+/m0/s1. The van der Waals surface area contributed by atoms with Crippen LogP contribution in [-0.2, 0) is 14.3 Å². The Morgan fingerprint density at radius 2 is 1.70 bits per heavy atom. The number of carbonyl (C=O) groups is 2. The number of hydrogen-bond donors (Lipinski definition) is 1. The largest absolute Gasteiger partial charge is 0.508 e. The Morgan fingerprint density at radius 3 is 2.43 bits per heavy atom. The van der Waals surface area contributed by atoms with E-state index in [1.54, 1.807) is 6.92 Å². The summed E-state index contributed by atoms with van der Waals surface area (Å²) in [6.07, 6.45) is 10.1. The van der Waals surface area contributed by atoms with E-state index >= 15 is 0 Å². The van der Waals surface area contributed by atoms with Crippen LogP contribution in [0.3, 0.4) is 0 Å². The van der Waals surface area contributed by atoms with Gasteiger partial charge in [-0.15, -0.1) is 0 Å². The normalized spacial score (nSPS) is 45.1. The van der Waals surface area contributed by atoms with Crippen LogP contribution in [0, 0.1) is 40.4 Å². The van der Waals surface area contributed by atoms with E-state index in [1.165, 1.54) is 32.1 Å². The zero-order valence-electron chi connectivity index (χ0n) is 19.0. The molecule has 4 aliphatic carbocycles. The van der Waals surface area contributed by atoms with Crippen LogP contribution in [0.15, 0.2) is 0 Å². The lowest BCUT2D eigenvalue weighted by molar-refractivity contribution is -0.140. The molecule has 4 fully saturated rings. The number of hydrogen-bond acceptors (Lipinski definition) is 5. The number of carbonyl (C=O) groups excluding carboxylic acids is 2. The maximum atomic E-state index is 12.3. The summed E-state index contributed by atoms with van der Waals surface area (Å²) in [4.78, 5) is 24.2. The molecule has 8 atom stereocenters. The van der Waals surface area contributed by atoms with Gasteiger partial charge >= 0.3 is 6.16 Å². The topological polar surface area (TPSA) is 72.8 Å². The quantitative estimate of drug-likeness (QED) is 0.492. The van der Waals surface area contributed by atoms with Gasteiger partial charge in [-0.3, -0.25) is 4.79 Å². The lowest BCUT2D eigenvalue weighted by atomic mass is 9.44. The minimum absolute atomic E-state index is 0.0207. The van der Waals surface area contributed by atoms with E-state index in [4.69, 9.17) is 14.6 Å². The minimum atomic E-state index is -0.583. The zero-order valence-corrected chi connectivity index (χ0v) is 19.0. The molecule has 0 unspecified atom stereocenters. The molecule has 5 nitrogen and oxygen atoms in total. The van der Waals surface area contributed by atoms with Gasteiger partial charge in [0.15, 0.2) is 0 Å². The van der Waals surface area contributed by atoms with Crippen molar-refractivity contribution in [3.05, 3.63) is 0 Å². The molecule has 0 aliphatic heterocycles. The van der Waals surface area contributed by atoms with Gasteiger partial charge in [0.1, 0.15) is 11.9 Å². The number of aliphatic hydroxyl groups is 1. The number of aliphatic hydroxyl groups excluding tert-OH is 1. The second kappa shape index (κ2) is 8.44. The van der Waals surface area contributed by atoms with Crippen molar-refractivity contribution < 1.29 is 24.2 Å². The molecule has 170 valence electrons. The molecular weight excluding hydrogens is 380 g/mol. The number of Topliss-reactive ketones (excluding diaryl/α,β-unsaturated/α-hetero) is 1. The van der Waals surface area contributed by atoms with Gasteiger partial charge in [-0.1, -0.05) is 13.8 Å². The number of rotatable bonds is 5. The van der Waals surface area contributed by atoms with Gasteiger partial charge < -0.3 is 14.6 Å². The van der Waals surface area contributed by atoms with Crippen molar-refractivity contribution in [2.75, 3.05) is 13.2 Å². The number of ketones is 1. The monoisotopic (exact) mass is 420 g/mol. The van der Waals surface area contributed by atoms with Gasteiger partial charge in [-0.05, 0) is 99.2 Å². The van der Waals surface area contributed by atoms with Gasteiger partial charge in [0.2, 0.25) is 0 Å². The molecule has 30 heavy (non-hydrogen) atoms. The van der Waals surface area contributed by atoms with E-state index in [1.807, 2.05) is 0 Å². The Labute approximate surface area is 181 Å². The summed E-state index contributed by atoms with van der Waals surface area (Å²) in [5, 5.41) is 8.82. The highest BCUT2D eigenvalue weighted by molar-refractivity contribution is 5.79. The van der Waals surface area contributed by atoms with Crippen molar-refractivity contribution in [1.29, 1.82) is 0 Å². The molecule has 0 radical (unpaired) electrons. The van der Waals surface area contributed by atoms with E-state index < -0.39 is 6.16 Å². The lowest BCUT2D eigenvalue weighted by Gasteiger charge is -2.61. The Bertz CT molecular complexity index is 662. The minimum Gasteiger partial charge on any atom is -0.434 e. The van der Waals surface area contributed by atoms with Crippen LogP contribution in [0.5, 0.6) is 0 Å². The fourth-order valence-corrected chi connectivity index (χ4v) is 8.38. The van der Waals surface area contributed by atoms with Crippen molar-refractivity contribution in [3.8, 4) is 0 Å². The van der Waals surface area contributed by atoms with E-state index in [0.29, 0.717) is 29.5 Å². The third-order valence-electron chi connectivity index (χ3n) is 9.89. The first-order valence-corrected chi connectivity index (χ1v) is 12.2. The highest BCUT2D eigenvalue weighted by Gasteiger charge is 2.60. The molecule has 0 bridgehead atoms. The fourth-order valence-electron chi connectivity index (χ4n) is 8.38. The first-order chi connectivity index (χ1) is 14.3. The van der Waals surface area contributed by atoms with Gasteiger partial charge in [-0.25, -0.2) is 4.79 Å². The van der Waals surface area contributed by atoms with Crippen molar-refractivity contribution >= 4 is 11.9 Å². The molecule has 1 N–H and O–H groups in total. The summed E-state index contributed by atoms with van der Waals surface area (Å²) in [6, 6.07) is 0. The molecule has 4 saturated carbocycles. The Morgan fingerprint density at radius 1 is 0.967 bits per heavy atom. The Balaban J connectivity index is 1.40. The summed E-state index contributed by atoms with van der Waals surface area (Å²) in [5.41, 5.74) is 0.550. The van der Waals surface area contributed by atoms with Crippen LogP contribution < -0.4 is 0 Å². The van der Waals surface area contributed by atoms with Crippen LogP contribution >= 0.6 is 0 Å². The summed E-state index contributed by atoms with van der Waals surface area (Å²) in [5.74, 6) is 3.50. The summed E-state index contributed by atoms with van der Waals surface area (Å²) >= 11 is 0. The second-order valence-corrected chi connectivity index (χ2v) is 11.1. The molecule has 0 aromatic carbocycles. The van der Waals surface area contributed by atoms with Crippen molar-refractivity contribution in [1.82, 2.24) is 0 Å². The molecule has 0 aromatic heterocycles. The first kappa shape index (κ1) is 22.1. The molecule has 0 aromatic rings. The zero-order chi connectivity index (χ0) is 21.5. The predicted molar refractivity (Wildman–Crippen MR) is 114 cm³/mol. The van der Waals surface area contributed by atoms with Gasteiger partial charge in [0, 0.05) is 18.9 Å². The third-order valence-corrected chi connectivity index (χ3v) is 9.89.